The van der Waals surface area contributed by atoms with Gasteiger partial charge >= 0.3 is 0 Å². The number of nitriles is 1. The zero-order valence-electron chi connectivity index (χ0n) is 8.40. The second kappa shape index (κ2) is 3.96. The van der Waals surface area contributed by atoms with Gasteiger partial charge in [0.2, 0.25) is 0 Å². The van der Waals surface area contributed by atoms with Crippen LogP contribution in [0.15, 0.2) is 10.9 Å². The number of aromatic nitrogens is 1. The molecule has 15 heavy (non-hydrogen) atoms. The number of carboxylic acid groups (broad SMARTS) is 1. The van der Waals surface area contributed by atoms with Gasteiger partial charge in [-0.15, -0.1) is 0 Å². The molecule has 0 saturated carbocycles. The normalized spacial score (nSPS) is 9.67. The quantitative estimate of drug-likeness (QED) is 0.625. The van der Waals surface area contributed by atoms with Crippen molar-refractivity contribution in [1.29, 1.82) is 5.26 Å². The van der Waals surface area contributed by atoms with Gasteiger partial charge in [-0.25, -0.2) is 0 Å². The smallest absolute Gasteiger partial charge is 0.269 e. The summed E-state index contributed by atoms with van der Waals surface area (Å²) in [4.78, 5) is 22.0. The minimum Gasteiger partial charge on any atom is -0.548 e. The summed E-state index contributed by atoms with van der Waals surface area (Å²) < 4.78 is 1.01. The van der Waals surface area contributed by atoms with Crippen molar-refractivity contribution in [2.24, 2.45) is 0 Å². The minimum absolute atomic E-state index is 0.0261. The van der Waals surface area contributed by atoms with Crippen molar-refractivity contribution in [2.75, 3.05) is 0 Å². The first-order chi connectivity index (χ1) is 6.97. The Morgan fingerprint density at radius 3 is 2.67 bits per heavy atom. The Morgan fingerprint density at radius 2 is 2.20 bits per heavy atom. The number of rotatable bonds is 2. The molecule has 0 radical (unpaired) electrons. The number of carbonyl (C=O) groups excluding carboxylic acids is 1. The second-order valence-corrected chi connectivity index (χ2v) is 3.22. The molecule has 1 aromatic rings. The predicted molar refractivity (Wildman–Crippen MR) is 49.9 cm³/mol. The Bertz CT molecular complexity index is 509. The van der Waals surface area contributed by atoms with Gasteiger partial charge in [0.15, 0.2) is 0 Å². The van der Waals surface area contributed by atoms with Gasteiger partial charge in [-0.1, -0.05) is 0 Å². The van der Waals surface area contributed by atoms with E-state index in [9.17, 15) is 14.7 Å². The summed E-state index contributed by atoms with van der Waals surface area (Å²) in [5.74, 6) is -1.35. The van der Waals surface area contributed by atoms with Gasteiger partial charge < -0.3 is 14.5 Å². The molecule has 0 unspecified atom stereocenters. The first-order valence-corrected chi connectivity index (χ1v) is 4.28. The molecule has 0 aliphatic carbocycles. The van der Waals surface area contributed by atoms with Gasteiger partial charge in [0.25, 0.3) is 5.56 Å². The second-order valence-electron chi connectivity index (χ2n) is 3.22. The summed E-state index contributed by atoms with van der Waals surface area (Å²) in [7, 11) is 0. The molecule has 0 saturated heterocycles. The van der Waals surface area contributed by atoms with E-state index in [1.54, 1.807) is 26.0 Å². The van der Waals surface area contributed by atoms with E-state index >= 15 is 0 Å². The van der Waals surface area contributed by atoms with Gasteiger partial charge in [0.05, 0.1) is 12.5 Å². The Hall–Kier alpha value is -2.09. The number of nitrogens with zero attached hydrogens (tertiary/aromatic N) is 2. The largest absolute Gasteiger partial charge is 0.548 e. The fourth-order valence-corrected chi connectivity index (χ4v) is 1.39. The number of hydrogen-bond donors (Lipinski definition) is 0. The number of aryl methyl sites for hydroxylation is 2. The van der Waals surface area contributed by atoms with E-state index in [0.717, 1.165) is 4.57 Å². The van der Waals surface area contributed by atoms with Crippen molar-refractivity contribution >= 4 is 5.97 Å². The number of carboxylic acids is 1. The molecule has 5 nitrogen and oxygen atoms in total. The van der Waals surface area contributed by atoms with Crippen LogP contribution in [-0.2, 0) is 11.3 Å². The highest BCUT2D eigenvalue weighted by Crippen LogP contribution is 2.04. The van der Waals surface area contributed by atoms with Crippen LogP contribution in [-0.4, -0.2) is 10.5 Å². The van der Waals surface area contributed by atoms with Crippen LogP contribution < -0.4 is 10.7 Å². The van der Waals surface area contributed by atoms with Crippen LogP contribution in [0.4, 0.5) is 0 Å². The lowest BCUT2D eigenvalue weighted by Gasteiger charge is -2.11. The molecule has 0 aliphatic heterocycles. The molecule has 0 N–H and O–H groups in total. The molecule has 0 spiro atoms. The maximum atomic E-state index is 11.6. The summed E-state index contributed by atoms with van der Waals surface area (Å²) in [5, 5.41) is 19.1. The summed E-state index contributed by atoms with van der Waals surface area (Å²) in [6, 6.07) is 3.36. The minimum atomic E-state index is -1.35. The van der Waals surface area contributed by atoms with E-state index in [2.05, 4.69) is 0 Å². The van der Waals surface area contributed by atoms with Crippen LogP contribution in [0, 0.1) is 25.2 Å². The fourth-order valence-electron chi connectivity index (χ4n) is 1.39. The van der Waals surface area contributed by atoms with E-state index in [-0.39, 0.29) is 5.56 Å². The first kappa shape index (κ1) is 11.0. The van der Waals surface area contributed by atoms with Gasteiger partial charge in [0.1, 0.15) is 11.6 Å². The molecule has 1 aromatic heterocycles. The van der Waals surface area contributed by atoms with Crippen LogP contribution in [0.2, 0.25) is 0 Å². The molecule has 0 atom stereocenters. The summed E-state index contributed by atoms with van der Waals surface area (Å²) in [6.45, 7) is 2.72. The third-order valence-corrected chi connectivity index (χ3v) is 2.10. The highest BCUT2D eigenvalue weighted by molar-refractivity contribution is 5.64. The maximum Gasteiger partial charge on any atom is 0.269 e. The monoisotopic (exact) mass is 205 g/mol. The van der Waals surface area contributed by atoms with Crippen molar-refractivity contribution in [3.8, 4) is 6.07 Å². The predicted octanol–water partition coefficient (Wildman–Crippen LogP) is -0.913. The van der Waals surface area contributed by atoms with Crippen LogP contribution in [0.1, 0.15) is 16.8 Å². The van der Waals surface area contributed by atoms with E-state index < -0.39 is 18.1 Å². The van der Waals surface area contributed by atoms with Gasteiger partial charge in [-0.3, -0.25) is 4.79 Å². The van der Waals surface area contributed by atoms with E-state index in [1.165, 1.54) is 0 Å². The summed E-state index contributed by atoms with van der Waals surface area (Å²) in [5.41, 5.74) is 0.441. The lowest BCUT2D eigenvalue weighted by atomic mass is 10.1. The molecule has 78 valence electrons. The maximum absolute atomic E-state index is 11.6. The van der Waals surface area contributed by atoms with E-state index in [4.69, 9.17) is 5.26 Å². The molecule has 1 heterocycles. The highest BCUT2D eigenvalue weighted by atomic mass is 16.4. The average Bonchev–Trinajstić information content (AvgIpc) is 2.12. The number of hydrogen-bond acceptors (Lipinski definition) is 4. The summed E-state index contributed by atoms with van der Waals surface area (Å²) in [6.07, 6.45) is 0. The van der Waals surface area contributed by atoms with Crippen molar-refractivity contribution in [3.63, 3.8) is 0 Å². The molecular weight excluding hydrogens is 196 g/mol. The van der Waals surface area contributed by atoms with Gasteiger partial charge in [0, 0.05) is 5.69 Å². The molecular formula is C10H9N2O3-. The molecule has 1 rings (SSSR count). The summed E-state index contributed by atoms with van der Waals surface area (Å²) >= 11 is 0. The Labute approximate surface area is 86.2 Å². The number of carbonyl (C=O) groups is 1. The van der Waals surface area contributed by atoms with Crippen LogP contribution in [0.5, 0.6) is 0 Å². The fraction of sp³-hybridized carbons (Fsp3) is 0.300. The number of pyridine rings is 1. The molecule has 0 bridgehead atoms. The van der Waals surface area contributed by atoms with Crippen LogP contribution in [0.25, 0.3) is 0 Å². The lowest BCUT2D eigenvalue weighted by Crippen LogP contribution is -2.35. The average molecular weight is 205 g/mol. The SMILES string of the molecule is Cc1cc(C)n(CC(=O)[O-])c(=O)c1C#N. The Morgan fingerprint density at radius 1 is 1.60 bits per heavy atom. The Balaban J connectivity index is 3.48. The zero-order chi connectivity index (χ0) is 11.6. The highest BCUT2D eigenvalue weighted by Gasteiger charge is 2.09. The first-order valence-electron chi connectivity index (χ1n) is 4.28. The molecule has 0 amide bonds. The Kier molecular flexibility index (Phi) is 2.90. The van der Waals surface area contributed by atoms with Crippen molar-refractivity contribution < 1.29 is 9.90 Å². The molecule has 0 aromatic carbocycles. The number of aliphatic carboxylic acids is 1. The third-order valence-electron chi connectivity index (χ3n) is 2.10. The molecule has 0 fully saturated rings. The third kappa shape index (κ3) is 2.05. The van der Waals surface area contributed by atoms with Gasteiger partial charge in [-0.2, -0.15) is 5.26 Å². The van der Waals surface area contributed by atoms with Crippen molar-refractivity contribution in [2.45, 2.75) is 20.4 Å². The lowest BCUT2D eigenvalue weighted by molar-refractivity contribution is -0.306. The molecule has 0 aliphatic rings. The van der Waals surface area contributed by atoms with Gasteiger partial charge in [-0.05, 0) is 25.5 Å². The van der Waals surface area contributed by atoms with Crippen molar-refractivity contribution in [1.82, 2.24) is 4.57 Å². The topological polar surface area (TPSA) is 85.9 Å². The van der Waals surface area contributed by atoms with Crippen molar-refractivity contribution in [3.05, 3.63) is 33.2 Å². The zero-order valence-corrected chi connectivity index (χ0v) is 8.40. The standard InChI is InChI=1S/C10H10N2O3/c1-6-3-7(2)12(5-9(13)14)10(15)8(6)4-11/h3H,5H2,1-2H3,(H,13,14)/p-1. The van der Waals surface area contributed by atoms with E-state index in [0.29, 0.717) is 11.3 Å². The van der Waals surface area contributed by atoms with E-state index in [1.807, 2.05) is 0 Å². The van der Waals surface area contributed by atoms with Crippen LogP contribution in [0.3, 0.4) is 0 Å². The van der Waals surface area contributed by atoms with Crippen LogP contribution >= 0.6 is 0 Å². The molecule has 5 heteroatoms.